The van der Waals surface area contributed by atoms with Crippen molar-refractivity contribution in [2.75, 3.05) is 0 Å². The van der Waals surface area contributed by atoms with Crippen molar-refractivity contribution in [3.63, 3.8) is 0 Å². The minimum absolute atomic E-state index is 0.0551. The fraction of sp³-hybridized carbons (Fsp3) is 0.727. The molecule has 1 aromatic rings. The number of hydrogen-bond donors (Lipinski definition) is 0. The largest absolute Gasteiger partial charge is 0.339 e. The predicted molar refractivity (Wildman–Crippen MR) is 147 cm³/mol. The molecular formula is C33H43N3O3. The van der Waals surface area contributed by atoms with E-state index in [-0.39, 0.29) is 56.6 Å². The van der Waals surface area contributed by atoms with Crippen molar-refractivity contribution in [1.82, 2.24) is 10.1 Å². The second-order valence-corrected chi connectivity index (χ2v) is 15.6. The lowest BCUT2D eigenvalue weighted by Crippen LogP contribution is -2.65. The van der Waals surface area contributed by atoms with E-state index < -0.39 is 10.8 Å². The maximum atomic E-state index is 14.6. The number of carbonyl (C=O) groups excluding carboxylic acids is 2. The van der Waals surface area contributed by atoms with E-state index in [0.717, 1.165) is 56.4 Å². The van der Waals surface area contributed by atoms with Crippen molar-refractivity contribution in [2.24, 2.45) is 44.8 Å². The molecule has 6 rings (SSSR count). The van der Waals surface area contributed by atoms with Crippen LogP contribution in [-0.4, -0.2) is 21.7 Å². The molecule has 6 nitrogen and oxygen atoms in total. The van der Waals surface area contributed by atoms with E-state index in [9.17, 15) is 14.9 Å². The van der Waals surface area contributed by atoms with Gasteiger partial charge in [0.15, 0.2) is 17.4 Å². The summed E-state index contributed by atoms with van der Waals surface area (Å²) in [6.45, 7) is 17.4. The quantitative estimate of drug-likeness (QED) is 0.395. The third-order valence-electron chi connectivity index (χ3n) is 12.8. The Morgan fingerprint density at radius 3 is 2.33 bits per heavy atom. The zero-order chi connectivity index (χ0) is 28.4. The van der Waals surface area contributed by atoms with Gasteiger partial charge in [-0.05, 0) is 86.0 Å². The lowest BCUT2D eigenvalue weighted by atomic mass is 9.34. The maximum absolute atomic E-state index is 14.6. The van der Waals surface area contributed by atoms with Crippen LogP contribution in [0.1, 0.15) is 105 Å². The molecule has 0 N–H and O–H groups in total. The normalized spacial score (nSPS) is 44.1. The second-order valence-electron chi connectivity index (χ2n) is 15.6. The Bertz CT molecular complexity index is 1390. The van der Waals surface area contributed by atoms with Crippen LogP contribution in [0, 0.1) is 63.1 Å². The number of fused-ring (bicyclic) bond motifs is 7. The third kappa shape index (κ3) is 3.19. The highest BCUT2D eigenvalue weighted by Crippen LogP contribution is 2.74. The average Bonchev–Trinajstić information content (AvgIpc) is 3.29. The number of Topliss-reactive ketones (excluding diaryl/α,β-unsaturated/α-hetero) is 1. The summed E-state index contributed by atoms with van der Waals surface area (Å²) in [6, 6.07) is 2.20. The third-order valence-corrected chi connectivity index (χ3v) is 12.8. The molecule has 3 saturated carbocycles. The van der Waals surface area contributed by atoms with Crippen molar-refractivity contribution < 1.29 is 14.1 Å². The van der Waals surface area contributed by atoms with Gasteiger partial charge in [-0.1, -0.05) is 65.3 Å². The Morgan fingerprint density at radius 2 is 1.69 bits per heavy atom. The van der Waals surface area contributed by atoms with Crippen LogP contribution in [0.4, 0.5) is 0 Å². The summed E-state index contributed by atoms with van der Waals surface area (Å²) in [5.41, 5.74) is -0.382. The number of carbonyl (C=O) groups is 2. The molecule has 1 unspecified atom stereocenters. The van der Waals surface area contributed by atoms with Gasteiger partial charge in [0.2, 0.25) is 5.89 Å². The molecule has 0 aromatic carbocycles. The Hall–Kier alpha value is -2.55. The summed E-state index contributed by atoms with van der Waals surface area (Å²) in [5.74, 6) is 1.56. The predicted octanol–water partition coefficient (Wildman–Crippen LogP) is 6.85. The molecule has 1 aromatic heterocycles. The minimum atomic E-state index is -0.650. The van der Waals surface area contributed by atoms with Gasteiger partial charge in [0, 0.05) is 16.7 Å². The van der Waals surface area contributed by atoms with E-state index in [2.05, 4.69) is 45.8 Å². The summed E-state index contributed by atoms with van der Waals surface area (Å²) in [6.07, 6.45) is 10.6. The highest BCUT2D eigenvalue weighted by Gasteiger charge is 2.70. The van der Waals surface area contributed by atoms with Crippen LogP contribution in [0.15, 0.2) is 27.8 Å². The van der Waals surface area contributed by atoms with Gasteiger partial charge >= 0.3 is 0 Å². The smallest absolute Gasteiger partial charge is 0.233 e. The molecule has 0 bridgehead atoms. The topological polar surface area (TPSA) is 96.9 Å². The van der Waals surface area contributed by atoms with Gasteiger partial charge in [-0.2, -0.15) is 10.2 Å². The molecule has 1 heterocycles. The van der Waals surface area contributed by atoms with Crippen molar-refractivity contribution in [2.45, 2.75) is 106 Å². The van der Waals surface area contributed by atoms with Gasteiger partial charge in [0.05, 0.1) is 11.0 Å². The molecule has 6 heteroatoms. The van der Waals surface area contributed by atoms with Gasteiger partial charge in [-0.3, -0.25) is 9.59 Å². The van der Waals surface area contributed by atoms with Crippen LogP contribution < -0.4 is 0 Å². The zero-order valence-corrected chi connectivity index (χ0v) is 24.9. The van der Waals surface area contributed by atoms with E-state index in [1.165, 1.54) is 0 Å². The number of aryl methyl sites for hydroxylation is 1. The first kappa shape index (κ1) is 26.7. The van der Waals surface area contributed by atoms with E-state index in [0.29, 0.717) is 5.82 Å². The molecule has 0 spiro atoms. The number of nitrogens with zero attached hydrogens (tertiary/aromatic N) is 3. The van der Waals surface area contributed by atoms with E-state index >= 15 is 0 Å². The molecular weight excluding hydrogens is 486 g/mol. The molecule has 3 fully saturated rings. The van der Waals surface area contributed by atoms with Crippen LogP contribution in [0.2, 0.25) is 0 Å². The minimum Gasteiger partial charge on any atom is -0.339 e. The molecule has 0 saturated heterocycles. The molecule has 0 amide bonds. The van der Waals surface area contributed by atoms with Gasteiger partial charge in [-0.15, -0.1) is 0 Å². The van der Waals surface area contributed by atoms with Gasteiger partial charge in [-0.25, -0.2) is 0 Å². The molecule has 39 heavy (non-hydrogen) atoms. The molecule has 5 aliphatic carbocycles. The Balaban J connectivity index is 1.54. The first-order valence-electron chi connectivity index (χ1n) is 14.8. The van der Waals surface area contributed by atoms with Crippen LogP contribution in [0.25, 0.3) is 0 Å². The van der Waals surface area contributed by atoms with Crippen molar-refractivity contribution in [1.29, 1.82) is 5.26 Å². The highest BCUT2D eigenvalue weighted by molar-refractivity contribution is 6.04. The lowest BCUT2D eigenvalue weighted by Gasteiger charge is -2.68. The SMILES string of the molecule is Cc1noc([C@]23CCC(C)(C)CC2[C@@H]2C(=O)C=C4[C@@]5(C)C=C(C#N)C(=O)C(C)(C)[C@@H]5CC[C@@]4(C)[C@]2(C)CC3)n1. The number of rotatable bonds is 1. The lowest BCUT2D eigenvalue weighted by molar-refractivity contribution is -0.161. The van der Waals surface area contributed by atoms with Crippen molar-refractivity contribution in [3.8, 4) is 6.07 Å². The Morgan fingerprint density at radius 1 is 1.00 bits per heavy atom. The van der Waals surface area contributed by atoms with Crippen LogP contribution in [-0.2, 0) is 15.0 Å². The molecule has 208 valence electrons. The number of aromatic nitrogens is 2. The fourth-order valence-corrected chi connectivity index (χ4v) is 10.5. The van der Waals surface area contributed by atoms with Crippen LogP contribution >= 0.6 is 0 Å². The molecule has 5 aliphatic rings. The first-order valence-corrected chi connectivity index (χ1v) is 14.8. The second kappa shape index (κ2) is 7.80. The first-order chi connectivity index (χ1) is 18.1. The summed E-state index contributed by atoms with van der Waals surface area (Å²) in [5, 5.41) is 14.1. The van der Waals surface area contributed by atoms with E-state index in [4.69, 9.17) is 9.51 Å². The van der Waals surface area contributed by atoms with E-state index in [1.807, 2.05) is 32.9 Å². The zero-order valence-electron chi connectivity index (χ0n) is 24.9. The van der Waals surface area contributed by atoms with Gasteiger partial charge in [0.25, 0.3) is 0 Å². The van der Waals surface area contributed by atoms with Crippen molar-refractivity contribution >= 4 is 11.6 Å². The fourth-order valence-electron chi connectivity index (χ4n) is 10.5. The van der Waals surface area contributed by atoms with Gasteiger partial charge in [0.1, 0.15) is 6.07 Å². The molecule has 0 aliphatic heterocycles. The summed E-state index contributed by atoms with van der Waals surface area (Å²) in [4.78, 5) is 32.6. The number of hydrogen-bond acceptors (Lipinski definition) is 6. The number of nitriles is 1. The maximum Gasteiger partial charge on any atom is 0.233 e. The summed E-state index contributed by atoms with van der Waals surface area (Å²) >= 11 is 0. The number of allylic oxidation sites excluding steroid dienone is 4. The average molecular weight is 530 g/mol. The van der Waals surface area contributed by atoms with Crippen LogP contribution in [0.3, 0.4) is 0 Å². The summed E-state index contributed by atoms with van der Waals surface area (Å²) < 4.78 is 5.90. The summed E-state index contributed by atoms with van der Waals surface area (Å²) in [7, 11) is 0. The molecule has 0 radical (unpaired) electrons. The number of ketones is 2. The highest BCUT2D eigenvalue weighted by atomic mass is 16.5. The van der Waals surface area contributed by atoms with Crippen molar-refractivity contribution in [3.05, 3.63) is 35.0 Å². The van der Waals surface area contributed by atoms with E-state index in [1.54, 1.807) is 0 Å². The van der Waals surface area contributed by atoms with Crippen LogP contribution in [0.5, 0.6) is 0 Å². The Kier molecular flexibility index (Phi) is 5.33. The Labute approximate surface area is 232 Å². The monoisotopic (exact) mass is 529 g/mol. The standard InChI is InChI=1S/C33H43N3O3/c1-19-35-27(39-36-19)33-13-11-28(2,3)17-21(33)25-22(37)15-24-30(6)16-20(18-34)26(38)29(4,5)23(30)9-10-31(24,7)32(25,8)12-14-33/h15-16,21,23,25H,9-14,17H2,1-8H3/t21?,23-,25+,30-,31+,32+,33-/m0/s1. The molecule has 7 atom stereocenters. The van der Waals surface area contributed by atoms with Gasteiger partial charge < -0.3 is 4.52 Å².